The first-order valence-electron chi connectivity index (χ1n) is 6.39. The summed E-state index contributed by atoms with van der Waals surface area (Å²) in [7, 11) is 0. The van der Waals surface area contributed by atoms with Crippen molar-refractivity contribution in [1.29, 1.82) is 0 Å². The van der Waals surface area contributed by atoms with E-state index in [9.17, 15) is 0 Å². The Labute approximate surface area is 110 Å². The van der Waals surface area contributed by atoms with Gasteiger partial charge in [-0.1, -0.05) is 30.3 Å². The van der Waals surface area contributed by atoms with Gasteiger partial charge in [-0.25, -0.2) is 4.98 Å². The van der Waals surface area contributed by atoms with Crippen molar-refractivity contribution in [2.24, 2.45) is 0 Å². The predicted octanol–water partition coefficient (Wildman–Crippen LogP) is 3.86. The predicted molar refractivity (Wildman–Crippen MR) is 75.3 cm³/mol. The number of benzene rings is 1. The molecule has 2 aromatic heterocycles. The van der Waals surface area contributed by atoms with Gasteiger partial charge in [0.05, 0.1) is 5.69 Å². The van der Waals surface area contributed by atoms with Crippen LogP contribution in [-0.4, -0.2) is 9.38 Å². The molecule has 1 aromatic carbocycles. The lowest BCUT2D eigenvalue weighted by Gasteiger charge is -2.00. The van der Waals surface area contributed by atoms with Crippen molar-refractivity contribution in [3.8, 4) is 11.3 Å². The number of rotatable bonds is 1. The fraction of sp³-hybridized carbons (Fsp3) is 0.267. The lowest BCUT2D eigenvalue weighted by Crippen LogP contribution is -1.91. The highest BCUT2D eigenvalue weighted by Gasteiger charge is 2.22. The van der Waals surface area contributed by atoms with Crippen LogP contribution in [0, 0.1) is 6.92 Å². The number of imidazole rings is 1. The van der Waals surface area contributed by atoms with Gasteiger partial charge >= 0.3 is 0 Å². The van der Waals surface area contributed by atoms with E-state index in [0.29, 0.717) is 0 Å². The summed E-state index contributed by atoms with van der Waals surface area (Å²) in [6.45, 7) is 2.19. The first kappa shape index (κ1) is 10.3. The Bertz CT molecular complexity index is 722. The topological polar surface area (TPSA) is 17.3 Å². The first-order valence-corrected chi connectivity index (χ1v) is 7.21. The zero-order valence-corrected chi connectivity index (χ0v) is 11.1. The molecule has 0 radical (unpaired) electrons. The van der Waals surface area contributed by atoms with Gasteiger partial charge in [-0.2, -0.15) is 0 Å². The lowest BCUT2D eigenvalue weighted by atomic mass is 10.1. The summed E-state index contributed by atoms with van der Waals surface area (Å²) in [4.78, 5) is 7.53. The third-order valence-corrected chi connectivity index (χ3v) is 4.89. The highest BCUT2D eigenvalue weighted by atomic mass is 32.1. The number of hydrogen-bond donors (Lipinski definition) is 0. The third kappa shape index (κ3) is 1.31. The zero-order valence-electron chi connectivity index (χ0n) is 10.3. The Morgan fingerprint density at radius 1 is 1.17 bits per heavy atom. The van der Waals surface area contributed by atoms with Crippen molar-refractivity contribution in [1.82, 2.24) is 9.38 Å². The standard InChI is InChI=1S/C15H14N2S/c1-10-14(11-6-3-2-4-7-11)16-15-17(10)12-8-5-9-13(12)18-15/h2-4,6-7H,5,8-9H2,1H3. The minimum atomic E-state index is 1.14. The van der Waals surface area contributed by atoms with Gasteiger partial charge in [0.2, 0.25) is 0 Å². The molecule has 0 atom stereocenters. The van der Waals surface area contributed by atoms with Gasteiger partial charge in [-0.05, 0) is 26.2 Å². The lowest BCUT2D eigenvalue weighted by molar-refractivity contribution is 0.882. The average molecular weight is 254 g/mol. The molecule has 0 aliphatic heterocycles. The molecular weight excluding hydrogens is 240 g/mol. The van der Waals surface area contributed by atoms with Crippen LogP contribution in [0.4, 0.5) is 0 Å². The minimum absolute atomic E-state index is 1.14. The summed E-state index contributed by atoms with van der Waals surface area (Å²) >= 11 is 1.87. The summed E-state index contributed by atoms with van der Waals surface area (Å²) in [6.07, 6.45) is 3.75. The third-order valence-electron chi connectivity index (χ3n) is 3.75. The fourth-order valence-corrected chi connectivity index (χ4v) is 4.14. The summed E-state index contributed by atoms with van der Waals surface area (Å²) in [5.74, 6) is 0. The van der Waals surface area contributed by atoms with Crippen molar-refractivity contribution < 1.29 is 0 Å². The van der Waals surface area contributed by atoms with Crippen LogP contribution >= 0.6 is 11.3 Å². The Morgan fingerprint density at radius 2 is 2.00 bits per heavy atom. The fourth-order valence-electron chi connectivity index (χ4n) is 2.89. The van der Waals surface area contributed by atoms with Crippen molar-refractivity contribution in [2.45, 2.75) is 26.2 Å². The van der Waals surface area contributed by atoms with Gasteiger partial charge in [-0.15, -0.1) is 11.3 Å². The summed E-state index contributed by atoms with van der Waals surface area (Å²) < 4.78 is 2.37. The van der Waals surface area contributed by atoms with E-state index in [4.69, 9.17) is 4.98 Å². The zero-order chi connectivity index (χ0) is 12.1. The van der Waals surface area contributed by atoms with Gasteiger partial charge in [0.25, 0.3) is 0 Å². The van der Waals surface area contributed by atoms with Crippen LogP contribution < -0.4 is 0 Å². The minimum Gasteiger partial charge on any atom is -0.291 e. The molecule has 1 aliphatic carbocycles. The number of aromatic nitrogens is 2. The molecule has 0 spiro atoms. The van der Waals surface area contributed by atoms with Crippen LogP contribution in [0.1, 0.15) is 22.7 Å². The second-order valence-corrected chi connectivity index (χ2v) is 5.92. The Kier molecular flexibility index (Phi) is 2.12. The number of hydrogen-bond acceptors (Lipinski definition) is 2. The van der Waals surface area contributed by atoms with Gasteiger partial charge in [0, 0.05) is 21.8 Å². The molecule has 3 heteroatoms. The maximum atomic E-state index is 4.83. The number of nitrogens with zero attached hydrogens (tertiary/aromatic N) is 2. The van der Waals surface area contributed by atoms with E-state index < -0.39 is 0 Å². The van der Waals surface area contributed by atoms with E-state index in [1.54, 1.807) is 4.88 Å². The van der Waals surface area contributed by atoms with Crippen LogP contribution in [0.3, 0.4) is 0 Å². The molecule has 18 heavy (non-hydrogen) atoms. The van der Waals surface area contributed by atoms with Crippen LogP contribution in [0.15, 0.2) is 30.3 Å². The molecule has 0 bridgehead atoms. The molecule has 3 aromatic rings. The smallest absolute Gasteiger partial charge is 0.194 e. The second kappa shape index (κ2) is 3.69. The summed E-state index contributed by atoms with van der Waals surface area (Å²) in [5.41, 5.74) is 5.15. The molecule has 0 saturated carbocycles. The number of thiazole rings is 1. The van der Waals surface area contributed by atoms with Crippen LogP contribution in [0.5, 0.6) is 0 Å². The van der Waals surface area contributed by atoms with Crippen molar-refractivity contribution in [3.05, 3.63) is 46.6 Å². The van der Waals surface area contributed by atoms with Crippen molar-refractivity contribution >= 4 is 16.3 Å². The maximum Gasteiger partial charge on any atom is 0.194 e. The molecule has 0 saturated heterocycles. The quantitative estimate of drug-likeness (QED) is 0.644. The normalized spacial score (nSPS) is 14.3. The molecule has 2 heterocycles. The Morgan fingerprint density at radius 3 is 2.83 bits per heavy atom. The Hall–Kier alpha value is -1.61. The van der Waals surface area contributed by atoms with Gasteiger partial charge < -0.3 is 0 Å². The van der Waals surface area contributed by atoms with Crippen LogP contribution in [-0.2, 0) is 12.8 Å². The van der Waals surface area contributed by atoms with E-state index in [1.165, 1.54) is 36.2 Å². The first-order chi connectivity index (χ1) is 8.84. The van der Waals surface area contributed by atoms with Crippen LogP contribution in [0.25, 0.3) is 16.2 Å². The van der Waals surface area contributed by atoms with E-state index in [1.807, 2.05) is 11.3 Å². The average Bonchev–Trinajstić information content (AvgIpc) is 3.02. The molecule has 0 N–H and O–H groups in total. The van der Waals surface area contributed by atoms with Gasteiger partial charge in [0.15, 0.2) is 4.96 Å². The monoisotopic (exact) mass is 254 g/mol. The Balaban J connectivity index is 1.99. The van der Waals surface area contributed by atoms with Crippen molar-refractivity contribution in [2.75, 3.05) is 0 Å². The molecule has 2 nitrogen and oxygen atoms in total. The molecule has 1 aliphatic rings. The molecule has 0 unspecified atom stereocenters. The van der Waals surface area contributed by atoms with E-state index in [0.717, 1.165) is 10.7 Å². The summed E-state index contributed by atoms with van der Waals surface area (Å²) in [5, 5.41) is 0. The second-order valence-electron chi connectivity index (χ2n) is 4.86. The largest absolute Gasteiger partial charge is 0.291 e. The number of fused-ring (bicyclic) bond motifs is 3. The SMILES string of the molecule is Cc1c(-c2ccccc2)nc2sc3c(n12)CCC3. The molecular formula is C15H14N2S. The molecule has 0 fully saturated rings. The maximum absolute atomic E-state index is 4.83. The van der Waals surface area contributed by atoms with E-state index in [2.05, 4.69) is 41.7 Å². The van der Waals surface area contributed by atoms with Crippen LogP contribution in [0.2, 0.25) is 0 Å². The number of aryl methyl sites for hydroxylation is 3. The molecule has 0 amide bonds. The van der Waals surface area contributed by atoms with Crippen molar-refractivity contribution in [3.63, 3.8) is 0 Å². The molecule has 4 rings (SSSR count). The van der Waals surface area contributed by atoms with E-state index in [-0.39, 0.29) is 0 Å². The highest BCUT2D eigenvalue weighted by Crippen LogP contribution is 2.35. The van der Waals surface area contributed by atoms with Gasteiger partial charge in [0.1, 0.15) is 0 Å². The molecule has 90 valence electrons. The van der Waals surface area contributed by atoms with E-state index >= 15 is 0 Å². The highest BCUT2D eigenvalue weighted by molar-refractivity contribution is 7.17. The van der Waals surface area contributed by atoms with Gasteiger partial charge in [-0.3, -0.25) is 4.40 Å². The summed E-state index contributed by atoms with van der Waals surface area (Å²) in [6, 6.07) is 10.5.